The minimum absolute atomic E-state index is 0.0391. The second-order valence-corrected chi connectivity index (χ2v) is 8.02. The second-order valence-electron chi connectivity index (χ2n) is 8.02. The first kappa shape index (κ1) is 25.9. The number of esters is 1. The molecule has 2 aromatic rings. The minimum Gasteiger partial charge on any atom is -0.493 e. The number of hydrogen-bond acceptors (Lipinski definition) is 9. The Kier molecular flexibility index (Phi) is 8.59. The van der Waals surface area contributed by atoms with Crippen LogP contribution in [0, 0.1) is 0 Å². The number of fused-ring (bicyclic) bond motifs is 1. The molecule has 0 atom stereocenters. The summed E-state index contributed by atoms with van der Waals surface area (Å²) in [7, 11) is 4.81. The maximum atomic E-state index is 11.5. The molecule has 1 aliphatic heterocycles. The third-order valence-electron chi connectivity index (χ3n) is 5.48. The third kappa shape index (κ3) is 6.45. The Balaban J connectivity index is 2.02. The number of likely N-dealkylation sites (N-methyl/N-ethyl adjacent to an activating group) is 1. The van der Waals surface area contributed by atoms with E-state index < -0.39 is 5.97 Å². The summed E-state index contributed by atoms with van der Waals surface area (Å²) < 4.78 is 27.5. The lowest BCUT2D eigenvalue weighted by Crippen LogP contribution is -2.24. The van der Waals surface area contributed by atoms with Crippen molar-refractivity contribution in [2.75, 3.05) is 34.6 Å². The van der Waals surface area contributed by atoms with Crippen LogP contribution in [0.5, 0.6) is 23.0 Å². The van der Waals surface area contributed by atoms with Gasteiger partial charge in [0.05, 0.1) is 14.2 Å². The zero-order valence-electron chi connectivity index (χ0n) is 20.9. The predicted molar refractivity (Wildman–Crippen MR) is 129 cm³/mol. The maximum absolute atomic E-state index is 11.5. The summed E-state index contributed by atoms with van der Waals surface area (Å²) in [5.41, 5.74) is 4.39. The molecule has 2 aromatic carbocycles. The molecule has 188 valence electrons. The van der Waals surface area contributed by atoms with Gasteiger partial charge >= 0.3 is 11.9 Å². The molecule has 1 heterocycles. The number of carbonyl (C=O) groups is 2. The molecule has 0 unspecified atom stereocenters. The Bertz CT molecular complexity index is 1120. The monoisotopic (exact) mass is 485 g/mol. The molecule has 0 bridgehead atoms. The van der Waals surface area contributed by atoms with Crippen LogP contribution < -0.4 is 18.9 Å². The predicted octanol–water partition coefficient (Wildman–Crippen LogP) is 4.01. The van der Waals surface area contributed by atoms with Crippen molar-refractivity contribution in [3.8, 4) is 23.0 Å². The van der Waals surface area contributed by atoms with Crippen LogP contribution in [0.25, 0.3) is 11.6 Å². The van der Waals surface area contributed by atoms with Gasteiger partial charge in [-0.3, -0.25) is 9.59 Å². The van der Waals surface area contributed by atoms with E-state index in [0.717, 1.165) is 22.3 Å². The van der Waals surface area contributed by atoms with Crippen LogP contribution in [0.4, 0.5) is 0 Å². The average Bonchev–Trinajstić information content (AvgIpc) is 3.27. The molecule has 0 spiro atoms. The molecule has 9 heteroatoms. The van der Waals surface area contributed by atoms with Crippen LogP contribution in [0.2, 0.25) is 0 Å². The molecule has 9 nitrogen and oxygen atoms in total. The van der Waals surface area contributed by atoms with Crippen molar-refractivity contribution in [1.82, 2.24) is 5.06 Å². The van der Waals surface area contributed by atoms with E-state index in [1.807, 2.05) is 37.3 Å². The lowest BCUT2D eigenvalue weighted by atomic mass is 9.95. The summed E-state index contributed by atoms with van der Waals surface area (Å²) in [6.07, 6.45) is 2.63. The van der Waals surface area contributed by atoms with Crippen LogP contribution in [0.3, 0.4) is 0 Å². The molecular weight excluding hydrogens is 454 g/mol. The van der Waals surface area contributed by atoms with Crippen LogP contribution in [0.1, 0.15) is 43.0 Å². The van der Waals surface area contributed by atoms with Gasteiger partial charge in [-0.25, -0.2) is 0 Å². The topological polar surface area (TPSA) is 92.8 Å². The maximum Gasteiger partial charge on any atom is 0.322 e. The van der Waals surface area contributed by atoms with Crippen molar-refractivity contribution in [1.29, 1.82) is 0 Å². The van der Waals surface area contributed by atoms with E-state index in [2.05, 4.69) is 0 Å². The van der Waals surface area contributed by atoms with Crippen LogP contribution >= 0.6 is 0 Å². The summed E-state index contributed by atoms with van der Waals surface area (Å²) in [6.45, 7) is 5.39. The second kappa shape index (κ2) is 11.6. The number of allylic oxidation sites excluding steroid dienone is 1. The van der Waals surface area contributed by atoms with Crippen molar-refractivity contribution in [3.63, 3.8) is 0 Å². The van der Waals surface area contributed by atoms with Gasteiger partial charge in [0.2, 0.25) is 6.79 Å². The number of ether oxygens (including phenoxy) is 5. The largest absolute Gasteiger partial charge is 0.493 e. The zero-order valence-corrected chi connectivity index (χ0v) is 20.9. The summed E-state index contributed by atoms with van der Waals surface area (Å²) in [4.78, 5) is 27.9. The highest BCUT2D eigenvalue weighted by Crippen LogP contribution is 2.39. The Labute approximate surface area is 205 Å². The van der Waals surface area contributed by atoms with Crippen LogP contribution in [-0.4, -0.2) is 51.6 Å². The van der Waals surface area contributed by atoms with Gasteiger partial charge in [-0.15, -0.1) is 5.06 Å². The molecule has 0 aliphatic carbocycles. The van der Waals surface area contributed by atoms with Crippen LogP contribution in [0.15, 0.2) is 24.3 Å². The number of benzene rings is 2. The molecule has 1 aliphatic rings. The fraction of sp³-hybridized carbons (Fsp3) is 0.385. The van der Waals surface area contributed by atoms with E-state index in [1.165, 1.54) is 18.9 Å². The van der Waals surface area contributed by atoms with Gasteiger partial charge in [0.25, 0.3) is 0 Å². The Morgan fingerprint density at radius 2 is 1.74 bits per heavy atom. The number of nitrogens with zero attached hydrogens (tertiary/aromatic N) is 1. The van der Waals surface area contributed by atoms with E-state index in [-0.39, 0.29) is 19.4 Å². The highest BCUT2D eigenvalue weighted by Gasteiger charge is 2.20. The lowest BCUT2D eigenvalue weighted by Gasteiger charge is -2.18. The highest BCUT2D eigenvalue weighted by molar-refractivity contribution is 5.84. The standard InChI is InChI=1S/C26H31NO8/c1-16(21-7-8-23(30-5)26(31-6)22(21)14-32-17(2)28)11-20-13-25-24(33-15-34-25)12-19(20)9-10-27(4)35-18(3)29/h7-8,11-13H,9-10,14-15H2,1-6H3/b16-11+. The number of carbonyl (C=O) groups excluding carboxylic acids is 2. The SMILES string of the molecule is COc1ccc(/C(C)=C/c2cc3c(cc2CCN(C)OC(C)=O)OCO3)c(COC(C)=O)c1OC. The molecule has 0 saturated carbocycles. The average molecular weight is 486 g/mol. The number of rotatable bonds is 10. The molecule has 0 aromatic heterocycles. The summed E-state index contributed by atoms with van der Waals surface area (Å²) >= 11 is 0. The quantitative estimate of drug-likeness (QED) is 0.281. The van der Waals surface area contributed by atoms with E-state index in [1.54, 1.807) is 21.3 Å². The molecule has 3 rings (SSSR count). The minimum atomic E-state index is -0.391. The van der Waals surface area contributed by atoms with E-state index in [0.29, 0.717) is 41.5 Å². The van der Waals surface area contributed by atoms with Crippen molar-refractivity contribution >= 4 is 23.6 Å². The van der Waals surface area contributed by atoms with Gasteiger partial charge in [0.1, 0.15) is 6.61 Å². The van der Waals surface area contributed by atoms with Gasteiger partial charge in [-0.2, -0.15) is 0 Å². The Morgan fingerprint density at radius 1 is 1.03 bits per heavy atom. The van der Waals surface area contributed by atoms with E-state index in [9.17, 15) is 9.59 Å². The summed E-state index contributed by atoms with van der Waals surface area (Å²) in [6, 6.07) is 7.60. The summed E-state index contributed by atoms with van der Waals surface area (Å²) in [5, 5.41) is 1.50. The fourth-order valence-corrected chi connectivity index (χ4v) is 3.88. The number of hydrogen-bond donors (Lipinski definition) is 0. The van der Waals surface area contributed by atoms with Crippen molar-refractivity contribution < 1.29 is 38.1 Å². The van der Waals surface area contributed by atoms with Gasteiger partial charge in [-0.1, -0.05) is 12.1 Å². The molecule has 35 heavy (non-hydrogen) atoms. The summed E-state index contributed by atoms with van der Waals surface area (Å²) in [5.74, 6) is 1.62. The number of hydroxylamine groups is 2. The van der Waals surface area contributed by atoms with Gasteiger partial charge in [0.15, 0.2) is 23.0 Å². The van der Waals surface area contributed by atoms with Crippen LogP contribution in [-0.2, 0) is 32.2 Å². The lowest BCUT2D eigenvalue weighted by molar-refractivity contribution is -0.180. The molecule has 0 fully saturated rings. The van der Waals surface area contributed by atoms with Gasteiger partial charge in [0, 0.05) is 33.0 Å². The van der Waals surface area contributed by atoms with Crippen molar-refractivity contribution in [2.24, 2.45) is 0 Å². The molecule has 0 radical (unpaired) electrons. The molecular formula is C26H31NO8. The van der Waals surface area contributed by atoms with E-state index >= 15 is 0 Å². The van der Waals surface area contributed by atoms with Crippen molar-refractivity contribution in [3.05, 3.63) is 46.5 Å². The van der Waals surface area contributed by atoms with Crippen molar-refractivity contribution in [2.45, 2.75) is 33.8 Å². The molecule has 0 N–H and O–H groups in total. The molecule has 0 saturated heterocycles. The molecule has 0 amide bonds. The zero-order chi connectivity index (χ0) is 25.5. The van der Waals surface area contributed by atoms with Gasteiger partial charge in [-0.05, 0) is 53.8 Å². The first-order valence-electron chi connectivity index (χ1n) is 11.1. The first-order valence-corrected chi connectivity index (χ1v) is 11.1. The first-order chi connectivity index (χ1) is 16.7. The van der Waals surface area contributed by atoms with E-state index in [4.69, 9.17) is 28.5 Å². The Morgan fingerprint density at radius 3 is 2.37 bits per heavy atom. The van der Waals surface area contributed by atoms with Gasteiger partial charge < -0.3 is 28.5 Å². The number of methoxy groups -OCH3 is 2. The highest BCUT2D eigenvalue weighted by atomic mass is 16.7. The smallest absolute Gasteiger partial charge is 0.322 e. The fourth-order valence-electron chi connectivity index (χ4n) is 3.88. The third-order valence-corrected chi connectivity index (χ3v) is 5.48. The Hall–Kier alpha value is -3.72. The normalized spacial score (nSPS) is 12.5.